The van der Waals surface area contributed by atoms with Crippen molar-refractivity contribution in [2.45, 2.75) is 18.0 Å². The molecule has 190 valence electrons. The van der Waals surface area contributed by atoms with E-state index in [-0.39, 0.29) is 17.3 Å². The summed E-state index contributed by atoms with van der Waals surface area (Å²) in [6.45, 7) is 0. The molecule has 0 bridgehead atoms. The van der Waals surface area contributed by atoms with Gasteiger partial charge in [0.1, 0.15) is 11.5 Å². The van der Waals surface area contributed by atoms with E-state index in [9.17, 15) is 14.4 Å². The molecule has 7 rings (SSSR count). The average molecular weight is 550 g/mol. The highest BCUT2D eigenvalue weighted by Crippen LogP contribution is 2.61. The molecule has 1 aliphatic carbocycles. The van der Waals surface area contributed by atoms with Gasteiger partial charge in [-0.15, -0.1) is 0 Å². The molecule has 39 heavy (non-hydrogen) atoms. The van der Waals surface area contributed by atoms with E-state index < -0.39 is 23.4 Å². The SMILES string of the molecule is O=C(c1ccc(Cl)cc1)[C@@H]1[C@@H](c2ccc(Cl)cc2)C2(C(=O)c3ccccc3C2=O)C2C=Cc3ccccc3N21. The molecule has 1 unspecified atom stereocenters. The van der Waals surface area contributed by atoms with Gasteiger partial charge in [0.2, 0.25) is 0 Å². The second-order valence-electron chi connectivity index (χ2n) is 10.2. The van der Waals surface area contributed by atoms with Gasteiger partial charge in [0.25, 0.3) is 0 Å². The molecule has 2 aliphatic heterocycles. The minimum absolute atomic E-state index is 0.185. The average Bonchev–Trinajstić information content (AvgIpc) is 3.40. The van der Waals surface area contributed by atoms with E-state index in [1.165, 1.54) is 0 Å². The van der Waals surface area contributed by atoms with Crippen LogP contribution in [0.1, 0.15) is 48.1 Å². The molecule has 0 saturated carbocycles. The maximum Gasteiger partial charge on any atom is 0.185 e. The van der Waals surface area contributed by atoms with Crippen LogP contribution in [0.15, 0.2) is 103 Å². The highest BCUT2D eigenvalue weighted by Gasteiger charge is 2.71. The molecule has 4 aromatic carbocycles. The van der Waals surface area contributed by atoms with Crippen LogP contribution in [0.4, 0.5) is 5.69 Å². The molecule has 3 atom stereocenters. The molecule has 0 amide bonds. The van der Waals surface area contributed by atoms with Crippen LogP contribution >= 0.6 is 23.2 Å². The van der Waals surface area contributed by atoms with Gasteiger partial charge >= 0.3 is 0 Å². The summed E-state index contributed by atoms with van der Waals surface area (Å²) in [5, 5.41) is 1.05. The minimum atomic E-state index is -1.53. The van der Waals surface area contributed by atoms with Crippen molar-refractivity contribution in [2.75, 3.05) is 4.90 Å². The lowest BCUT2D eigenvalue weighted by Gasteiger charge is -2.37. The number of anilines is 1. The second kappa shape index (κ2) is 8.77. The maximum absolute atomic E-state index is 14.6. The van der Waals surface area contributed by atoms with Crippen LogP contribution in [0, 0.1) is 5.41 Å². The molecule has 3 aliphatic rings. The fourth-order valence-electron chi connectivity index (χ4n) is 6.75. The Morgan fingerprint density at radius 2 is 1.28 bits per heavy atom. The Bertz CT molecular complexity index is 1670. The summed E-state index contributed by atoms with van der Waals surface area (Å²) < 4.78 is 0. The summed E-state index contributed by atoms with van der Waals surface area (Å²) >= 11 is 12.4. The summed E-state index contributed by atoms with van der Waals surface area (Å²) in [5.74, 6) is -1.47. The zero-order valence-corrected chi connectivity index (χ0v) is 22.1. The quantitative estimate of drug-likeness (QED) is 0.198. The molecule has 1 fully saturated rings. The van der Waals surface area contributed by atoms with E-state index >= 15 is 0 Å². The number of halogens is 2. The van der Waals surface area contributed by atoms with Crippen molar-refractivity contribution in [3.05, 3.63) is 141 Å². The Labute approximate surface area is 235 Å². The Kier molecular flexibility index (Phi) is 5.41. The number of benzene rings is 4. The van der Waals surface area contributed by atoms with Crippen LogP contribution in [-0.2, 0) is 0 Å². The normalized spacial score (nSPS) is 22.1. The van der Waals surface area contributed by atoms with Gasteiger partial charge in [0, 0.05) is 38.3 Å². The van der Waals surface area contributed by atoms with Crippen LogP contribution in [0.2, 0.25) is 10.0 Å². The third kappa shape index (κ3) is 3.28. The first-order valence-electron chi connectivity index (χ1n) is 12.7. The van der Waals surface area contributed by atoms with Gasteiger partial charge in [0.05, 0.1) is 6.04 Å². The summed E-state index contributed by atoms with van der Waals surface area (Å²) in [5.41, 5.74) is 2.16. The number of carbonyl (C=O) groups excluding carboxylic acids is 3. The number of carbonyl (C=O) groups is 3. The van der Waals surface area contributed by atoms with E-state index in [0.717, 1.165) is 11.3 Å². The monoisotopic (exact) mass is 549 g/mol. The van der Waals surface area contributed by atoms with E-state index in [4.69, 9.17) is 23.2 Å². The topological polar surface area (TPSA) is 54.5 Å². The minimum Gasteiger partial charge on any atom is -0.352 e. The Hall–Kier alpha value is -3.99. The Morgan fingerprint density at radius 3 is 1.92 bits per heavy atom. The van der Waals surface area contributed by atoms with Crippen molar-refractivity contribution < 1.29 is 14.4 Å². The van der Waals surface area contributed by atoms with E-state index in [1.54, 1.807) is 60.7 Å². The van der Waals surface area contributed by atoms with Crippen molar-refractivity contribution in [1.82, 2.24) is 0 Å². The van der Waals surface area contributed by atoms with Gasteiger partial charge in [-0.25, -0.2) is 0 Å². The highest BCUT2D eigenvalue weighted by molar-refractivity contribution is 6.33. The van der Waals surface area contributed by atoms with Gasteiger partial charge < -0.3 is 4.90 Å². The molecule has 4 aromatic rings. The summed E-state index contributed by atoms with van der Waals surface area (Å²) in [7, 11) is 0. The number of hydrogen-bond donors (Lipinski definition) is 0. The van der Waals surface area contributed by atoms with Crippen LogP contribution in [0.3, 0.4) is 0 Å². The van der Waals surface area contributed by atoms with Crippen LogP contribution in [0.5, 0.6) is 0 Å². The summed E-state index contributed by atoms with van der Waals surface area (Å²) in [6, 6.07) is 27.1. The Morgan fingerprint density at radius 1 is 0.718 bits per heavy atom. The zero-order valence-electron chi connectivity index (χ0n) is 20.6. The van der Waals surface area contributed by atoms with E-state index in [0.29, 0.717) is 32.3 Å². The first-order valence-corrected chi connectivity index (χ1v) is 13.5. The molecular formula is C33H21Cl2NO3. The number of rotatable bonds is 3. The van der Waals surface area contributed by atoms with Gasteiger partial charge in [-0.2, -0.15) is 0 Å². The first kappa shape index (κ1) is 24.1. The molecular weight excluding hydrogens is 529 g/mol. The van der Waals surface area contributed by atoms with E-state index in [2.05, 4.69) is 0 Å². The van der Waals surface area contributed by atoms with Gasteiger partial charge in [-0.3, -0.25) is 14.4 Å². The highest BCUT2D eigenvalue weighted by atomic mass is 35.5. The van der Waals surface area contributed by atoms with Gasteiger partial charge in [0.15, 0.2) is 17.3 Å². The molecule has 0 radical (unpaired) electrons. The summed E-state index contributed by atoms with van der Waals surface area (Å²) in [6.07, 6.45) is 3.87. The smallest absolute Gasteiger partial charge is 0.185 e. The lowest BCUT2D eigenvalue weighted by Crippen LogP contribution is -2.48. The molecule has 2 heterocycles. The molecule has 0 aromatic heterocycles. The number of para-hydroxylation sites is 1. The fraction of sp³-hybridized carbons (Fsp3) is 0.121. The summed E-state index contributed by atoms with van der Waals surface area (Å²) in [4.78, 5) is 45.7. The fourth-order valence-corrected chi connectivity index (χ4v) is 7.00. The van der Waals surface area contributed by atoms with Crippen LogP contribution < -0.4 is 4.90 Å². The third-order valence-corrected chi connectivity index (χ3v) is 8.84. The van der Waals surface area contributed by atoms with Gasteiger partial charge in [-0.1, -0.05) is 90.0 Å². The van der Waals surface area contributed by atoms with Crippen molar-refractivity contribution in [2.24, 2.45) is 5.41 Å². The molecule has 1 saturated heterocycles. The van der Waals surface area contributed by atoms with Crippen LogP contribution in [-0.4, -0.2) is 29.4 Å². The predicted octanol–water partition coefficient (Wildman–Crippen LogP) is 7.31. The van der Waals surface area contributed by atoms with Crippen molar-refractivity contribution in [3.8, 4) is 0 Å². The Balaban J connectivity index is 1.54. The third-order valence-electron chi connectivity index (χ3n) is 8.34. The molecule has 6 heteroatoms. The van der Waals surface area contributed by atoms with Crippen molar-refractivity contribution in [3.63, 3.8) is 0 Å². The van der Waals surface area contributed by atoms with E-state index in [1.807, 2.05) is 53.5 Å². The zero-order chi connectivity index (χ0) is 26.9. The van der Waals surface area contributed by atoms with Crippen LogP contribution in [0.25, 0.3) is 6.08 Å². The number of Topliss-reactive ketones (excluding diaryl/α,β-unsaturated/α-hetero) is 3. The van der Waals surface area contributed by atoms with Crippen molar-refractivity contribution >= 4 is 52.3 Å². The lowest BCUT2D eigenvalue weighted by atomic mass is 9.64. The first-order chi connectivity index (χ1) is 18.9. The number of fused-ring (bicyclic) bond motifs is 5. The largest absolute Gasteiger partial charge is 0.352 e. The number of ketones is 3. The maximum atomic E-state index is 14.6. The second-order valence-corrected chi connectivity index (χ2v) is 11.1. The molecule has 4 nitrogen and oxygen atoms in total. The predicted molar refractivity (Wildman–Crippen MR) is 153 cm³/mol. The standard InChI is InChI=1S/C33H21Cl2NO3/c34-22-14-9-20(10-15-22)28-29(30(37)21-11-16-23(35)17-12-21)36-26-8-4-1-5-19(26)13-18-27(36)33(28)31(38)24-6-2-3-7-25(24)32(33)39/h1-18,27-29H/t27?,28-,29+/m1/s1. The molecule has 0 N–H and O–H groups in total. The lowest BCUT2D eigenvalue weighted by molar-refractivity contribution is 0.0666. The van der Waals surface area contributed by atoms with Gasteiger partial charge in [-0.05, 0) is 53.6 Å². The molecule has 1 spiro atoms. The number of hydrogen-bond acceptors (Lipinski definition) is 4. The van der Waals surface area contributed by atoms with Crippen molar-refractivity contribution in [1.29, 1.82) is 0 Å². The number of nitrogens with zero attached hydrogens (tertiary/aromatic N) is 1.